The molecule has 1 aliphatic heterocycles. The number of aliphatic hydroxyl groups is 3. The molecule has 0 radical (unpaired) electrons. The molecule has 0 aromatic heterocycles. The average Bonchev–Trinajstić information content (AvgIpc) is 2.84. The largest absolute Gasteiger partial charge is 0.510 e. The molecule has 1 unspecified atom stereocenters. The maximum atomic E-state index is 11.1. The van der Waals surface area contributed by atoms with Crippen LogP contribution in [-0.4, -0.2) is 46.4 Å². The zero-order valence-electron chi connectivity index (χ0n) is 16.2. The van der Waals surface area contributed by atoms with Gasteiger partial charge in [-0.1, -0.05) is 6.07 Å². The lowest BCUT2D eigenvalue weighted by molar-refractivity contribution is -0.0102. The number of hydrogen-bond acceptors (Lipinski definition) is 5. The second-order valence-corrected chi connectivity index (χ2v) is 7.82. The molecule has 5 heteroatoms. The van der Waals surface area contributed by atoms with Gasteiger partial charge >= 0.3 is 0 Å². The fourth-order valence-corrected chi connectivity index (χ4v) is 4.59. The average molecular weight is 361 g/mol. The summed E-state index contributed by atoms with van der Waals surface area (Å²) in [6.07, 6.45) is 2.24. The van der Waals surface area contributed by atoms with Gasteiger partial charge in [-0.2, -0.15) is 0 Å². The van der Waals surface area contributed by atoms with Gasteiger partial charge < -0.3 is 20.1 Å². The van der Waals surface area contributed by atoms with Gasteiger partial charge in [-0.05, 0) is 81.2 Å². The summed E-state index contributed by atoms with van der Waals surface area (Å²) in [5.41, 5.74) is 5.61. The zero-order chi connectivity index (χ0) is 19.1. The Morgan fingerprint density at radius 3 is 2.38 bits per heavy atom. The van der Waals surface area contributed by atoms with Crippen LogP contribution < -0.4 is 5.32 Å². The minimum absolute atomic E-state index is 0.0270. The van der Waals surface area contributed by atoms with Crippen LogP contribution >= 0.6 is 0 Å². The van der Waals surface area contributed by atoms with E-state index in [1.165, 1.54) is 11.1 Å². The van der Waals surface area contributed by atoms with Crippen LogP contribution in [0.4, 0.5) is 0 Å². The molecule has 1 atom stereocenters. The highest BCUT2D eigenvalue weighted by molar-refractivity contribution is 5.79. The number of nitrogens with one attached hydrogen (secondary N) is 1. The van der Waals surface area contributed by atoms with Crippen LogP contribution in [0.3, 0.4) is 0 Å². The maximum absolute atomic E-state index is 11.1. The molecule has 3 rings (SSSR count). The lowest BCUT2D eigenvalue weighted by Crippen LogP contribution is -2.49. The van der Waals surface area contributed by atoms with E-state index in [2.05, 4.69) is 32.2 Å². The molecule has 144 valence electrons. The van der Waals surface area contributed by atoms with Crippen molar-refractivity contribution in [3.05, 3.63) is 39.6 Å². The summed E-state index contributed by atoms with van der Waals surface area (Å²) in [6.45, 7) is 8.64. The zero-order valence-corrected chi connectivity index (χ0v) is 16.2. The Morgan fingerprint density at radius 2 is 1.77 bits per heavy atom. The number of benzene rings is 1. The van der Waals surface area contributed by atoms with Crippen molar-refractivity contribution in [2.24, 2.45) is 0 Å². The molecule has 1 aromatic rings. The van der Waals surface area contributed by atoms with E-state index in [1.54, 1.807) is 0 Å². The fraction of sp³-hybridized carbons (Fsp3) is 0.619. The van der Waals surface area contributed by atoms with Crippen LogP contribution in [0, 0.1) is 27.7 Å². The number of hydrogen-bond donors (Lipinski definition) is 4. The molecular formula is C21H31NO4. The molecule has 1 spiro atoms. The minimum atomic E-state index is -0.871. The van der Waals surface area contributed by atoms with Gasteiger partial charge in [0.1, 0.15) is 12.0 Å². The molecule has 2 aliphatic rings. The van der Waals surface area contributed by atoms with Crippen molar-refractivity contribution < 1.29 is 20.1 Å². The van der Waals surface area contributed by atoms with Gasteiger partial charge in [-0.25, -0.2) is 0 Å². The maximum Gasteiger partial charge on any atom is 0.135 e. The molecule has 1 heterocycles. The highest BCUT2D eigenvalue weighted by Crippen LogP contribution is 2.44. The molecular weight excluding hydrogens is 330 g/mol. The number of aliphatic hydroxyl groups excluding tert-OH is 3. The van der Waals surface area contributed by atoms with Gasteiger partial charge in [0.15, 0.2) is 0 Å². The monoisotopic (exact) mass is 361 g/mol. The Hall–Kier alpha value is -1.40. The Balaban J connectivity index is 1.94. The smallest absolute Gasteiger partial charge is 0.135 e. The van der Waals surface area contributed by atoms with Gasteiger partial charge in [0.05, 0.1) is 24.9 Å². The van der Waals surface area contributed by atoms with Gasteiger partial charge in [-0.15, -0.1) is 0 Å². The molecule has 0 bridgehead atoms. The van der Waals surface area contributed by atoms with E-state index in [9.17, 15) is 10.2 Å². The van der Waals surface area contributed by atoms with Crippen molar-refractivity contribution in [2.45, 2.75) is 71.2 Å². The van der Waals surface area contributed by atoms with E-state index in [0.717, 1.165) is 29.5 Å². The van der Waals surface area contributed by atoms with E-state index in [4.69, 9.17) is 9.84 Å². The Morgan fingerprint density at radius 1 is 1.12 bits per heavy atom. The third kappa shape index (κ3) is 3.18. The van der Waals surface area contributed by atoms with Crippen LogP contribution in [0.5, 0.6) is 0 Å². The topological polar surface area (TPSA) is 82.0 Å². The number of aryl methyl sites for hydroxylation is 2. The molecule has 5 nitrogen and oxygen atoms in total. The predicted molar refractivity (Wildman–Crippen MR) is 102 cm³/mol. The van der Waals surface area contributed by atoms with E-state index in [1.807, 2.05) is 6.92 Å². The van der Waals surface area contributed by atoms with Crippen molar-refractivity contribution in [1.82, 2.24) is 5.32 Å². The van der Waals surface area contributed by atoms with Gasteiger partial charge in [0.25, 0.3) is 0 Å². The lowest BCUT2D eigenvalue weighted by Gasteiger charge is -2.37. The van der Waals surface area contributed by atoms with Gasteiger partial charge in [-0.3, -0.25) is 5.32 Å². The highest BCUT2D eigenvalue weighted by atomic mass is 16.5. The lowest BCUT2D eigenvalue weighted by atomic mass is 9.78. The summed E-state index contributed by atoms with van der Waals surface area (Å²) in [4.78, 5) is 0. The summed E-state index contributed by atoms with van der Waals surface area (Å²) in [5.74, 6) is 0.278. The summed E-state index contributed by atoms with van der Waals surface area (Å²) < 4.78 is 5.64. The van der Waals surface area contributed by atoms with Crippen molar-refractivity contribution in [3.63, 3.8) is 0 Å². The first kappa shape index (κ1) is 19.4. The molecule has 1 fully saturated rings. The number of ether oxygens (including phenoxy) is 1. The first-order valence-electron chi connectivity index (χ1n) is 9.50. The van der Waals surface area contributed by atoms with Crippen LogP contribution in [0.1, 0.15) is 53.5 Å². The molecule has 1 aliphatic carbocycles. The van der Waals surface area contributed by atoms with Gasteiger partial charge in [0, 0.05) is 5.57 Å². The number of rotatable bonds is 4. The van der Waals surface area contributed by atoms with Crippen LogP contribution in [0.25, 0.3) is 5.57 Å². The predicted octanol–water partition coefficient (Wildman–Crippen LogP) is 2.80. The standard InChI is InChI=1S/C21H31NO4/c1-12-11-13(2)17(15(4)14(12)3)18-19(24)21(22-20(18)25)7-5-16(6-8-21)26-10-9-23/h11,16,20,22-25H,5-10H2,1-4H3. The third-order valence-corrected chi connectivity index (χ3v) is 6.25. The highest BCUT2D eigenvalue weighted by Gasteiger charge is 2.48. The van der Waals surface area contributed by atoms with E-state index < -0.39 is 11.8 Å². The normalized spacial score (nSPS) is 29.0. The summed E-state index contributed by atoms with van der Waals surface area (Å²) in [5, 5.41) is 34.1. The summed E-state index contributed by atoms with van der Waals surface area (Å²) in [6, 6.07) is 2.12. The minimum Gasteiger partial charge on any atom is -0.510 e. The van der Waals surface area contributed by atoms with Crippen LogP contribution in [-0.2, 0) is 4.74 Å². The van der Waals surface area contributed by atoms with E-state index >= 15 is 0 Å². The molecule has 0 amide bonds. The van der Waals surface area contributed by atoms with Crippen molar-refractivity contribution >= 4 is 5.57 Å². The summed E-state index contributed by atoms with van der Waals surface area (Å²) >= 11 is 0. The first-order valence-corrected chi connectivity index (χ1v) is 9.50. The van der Waals surface area contributed by atoms with E-state index in [0.29, 0.717) is 25.0 Å². The van der Waals surface area contributed by atoms with Crippen LogP contribution in [0.2, 0.25) is 0 Å². The summed E-state index contributed by atoms with van der Waals surface area (Å²) in [7, 11) is 0. The Kier molecular flexibility index (Phi) is 5.45. The third-order valence-electron chi connectivity index (χ3n) is 6.25. The second kappa shape index (κ2) is 7.31. The molecule has 0 saturated heterocycles. The second-order valence-electron chi connectivity index (χ2n) is 7.82. The van der Waals surface area contributed by atoms with Crippen LogP contribution in [0.15, 0.2) is 11.8 Å². The SMILES string of the molecule is Cc1cc(C)c(C2=C(O)C3(CCC(OCCO)CC3)NC2O)c(C)c1C. The molecule has 4 N–H and O–H groups in total. The fourth-order valence-electron chi connectivity index (χ4n) is 4.59. The van der Waals surface area contributed by atoms with Crippen molar-refractivity contribution in [3.8, 4) is 0 Å². The molecule has 1 saturated carbocycles. The molecule has 26 heavy (non-hydrogen) atoms. The molecule has 1 aromatic carbocycles. The Bertz CT molecular complexity index is 717. The van der Waals surface area contributed by atoms with Gasteiger partial charge in [0.2, 0.25) is 0 Å². The Labute approximate surface area is 155 Å². The first-order chi connectivity index (χ1) is 12.3. The quantitative estimate of drug-likeness (QED) is 0.663. The van der Waals surface area contributed by atoms with E-state index in [-0.39, 0.29) is 18.5 Å². The van der Waals surface area contributed by atoms with Crippen molar-refractivity contribution in [2.75, 3.05) is 13.2 Å². The van der Waals surface area contributed by atoms with Crippen molar-refractivity contribution in [1.29, 1.82) is 0 Å².